The summed E-state index contributed by atoms with van der Waals surface area (Å²) in [5.41, 5.74) is 0.728. The first-order chi connectivity index (χ1) is 12.0. The van der Waals surface area contributed by atoms with Crippen molar-refractivity contribution in [2.75, 3.05) is 13.3 Å². The second kappa shape index (κ2) is 5.76. The molecule has 2 aliphatic heterocycles. The van der Waals surface area contributed by atoms with Gasteiger partial charge in [0.25, 0.3) is 0 Å². The van der Waals surface area contributed by atoms with E-state index in [1.807, 2.05) is 19.9 Å². The maximum atomic E-state index is 11.9. The Balaban J connectivity index is 1.73. The van der Waals surface area contributed by atoms with Crippen LogP contribution in [0.1, 0.15) is 31.4 Å². The van der Waals surface area contributed by atoms with Gasteiger partial charge in [-0.2, -0.15) is 5.10 Å². The average Bonchev–Trinajstić information content (AvgIpc) is 3.29. The van der Waals surface area contributed by atoms with Crippen LogP contribution >= 0.6 is 0 Å². The zero-order valence-corrected chi connectivity index (χ0v) is 13.9. The van der Waals surface area contributed by atoms with Gasteiger partial charge in [-0.1, -0.05) is 13.8 Å². The first-order valence-electron chi connectivity index (χ1n) is 7.97. The minimum Gasteiger partial charge on any atom is -0.454 e. The molecule has 3 amide bonds. The third-order valence-electron chi connectivity index (χ3n) is 4.04. The van der Waals surface area contributed by atoms with E-state index in [1.54, 1.807) is 16.8 Å². The fourth-order valence-electron chi connectivity index (χ4n) is 2.69. The molecular weight excluding hydrogens is 326 g/mol. The summed E-state index contributed by atoms with van der Waals surface area (Å²) in [6.45, 7) is 4.21. The molecule has 3 heterocycles. The van der Waals surface area contributed by atoms with E-state index in [9.17, 15) is 9.59 Å². The van der Waals surface area contributed by atoms with E-state index >= 15 is 0 Å². The van der Waals surface area contributed by atoms with E-state index in [0.29, 0.717) is 23.1 Å². The lowest BCUT2D eigenvalue weighted by atomic mass is 10.2. The Morgan fingerprint density at radius 2 is 2.04 bits per heavy atom. The van der Waals surface area contributed by atoms with Gasteiger partial charge in [-0.15, -0.1) is 0 Å². The van der Waals surface area contributed by atoms with Crippen LogP contribution in [0.4, 0.5) is 4.79 Å². The van der Waals surface area contributed by atoms with Gasteiger partial charge in [-0.25, -0.2) is 14.5 Å². The number of fused-ring (bicyclic) bond motifs is 1. The van der Waals surface area contributed by atoms with Crippen molar-refractivity contribution in [2.45, 2.75) is 26.3 Å². The van der Waals surface area contributed by atoms with Crippen LogP contribution in [0.25, 0.3) is 5.69 Å². The molecule has 1 saturated heterocycles. The van der Waals surface area contributed by atoms with Crippen molar-refractivity contribution >= 4 is 11.9 Å². The van der Waals surface area contributed by atoms with Crippen LogP contribution in [0.15, 0.2) is 18.2 Å². The van der Waals surface area contributed by atoms with Gasteiger partial charge < -0.3 is 14.8 Å². The highest BCUT2D eigenvalue weighted by atomic mass is 16.7. The van der Waals surface area contributed by atoms with Crippen molar-refractivity contribution in [2.24, 2.45) is 0 Å². The average molecular weight is 343 g/mol. The number of hydrogen-bond donors (Lipinski definition) is 1. The van der Waals surface area contributed by atoms with Gasteiger partial charge in [0.1, 0.15) is 0 Å². The number of rotatable bonds is 4. The molecule has 0 aliphatic carbocycles. The predicted octanol–water partition coefficient (Wildman–Crippen LogP) is 1.17. The molecule has 2 aliphatic rings. The Bertz CT molecular complexity index is 844. The number of aromatic nitrogens is 3. The summed E-state index contributed by atoms with van der Waals surface area (Å²) in [5.74, 6) is 2.27. The molecule has 1 aromatic heterocycles. The number of imide groups is 1. The van der Waals surface area contributed by atoms with E-state index in [4.69, 9.17) is 9.47 Å². The molecule has 1 aromatic carbocycles. The first kappa shape index (κ1) is 15.4. The molecule has 4 rings (SSSR count). The Morgan fingerprint density at radius 3 is 2.76 bits per heavy atom. The summed E-state index contributed by atoms with van der Waals surface area (Å²) in [6.07, 6.45) is 0. The lowest BCUT2D eigenvalue weighted by molar-refractivity contribution is -0.125. The zero-order chi connectivity index (χ0) is 17.6. The van der Waals surface area contributed by atoms with E-state index < -0.39 is 6.03 Å². The van der Waals surface area contributed by atoms with Crippen molar-refractivity contribution in [3.63, 3.8) is 0 Å². The monoisotopic (exact) mass is 343 g/mol. The maximum absolute atomic E-state index is 11.9. The van der Waals surface area contributed by atoms with Crippen LogP contribution in [-0.2, 0) is 11.3 Å². The molecule has 2 aromatic rings. The summed E-state index contributed by atoms with van der Waals surface area (Å²) < 4.78 is 12.4. The molecule has 0 atom stereocenters. The second-order valence-electron chi connectivity index (χ2n) is 6.13. The summed E-state index contributed by atoms with van der Waals surface area (Å²) in [4.78, 5) is 29.4. The van der Waals surface area contributed by atoms with Gasteiger partial charge in [0.2, 0.25) is 12.7 Å². The number of ether oxygens (including phenoxy) is 2. The molecule has 0 bridgehead atoms. The van der Waals surface area contributed by atoms with Gasteiger partial charge in [-0.05, 0) is 12.1 Å². The summed E-state index contributed by atoms with van der Waals surface area (Å²) in [7, 11) is 0. The Hall–Kier alpha value is -3.10. The normalized spacial score (nSPS) is 16.0. The van der Waals surface area contributed by atoms with E-state index in [1.165, 1.54) is 0 Å². The lowest BCUT2D eigenvalue weighted by Gasteiger charge is -2.12. The van der Waals surface area contributed by atoms with Crippen molar-refractivity contribution in [1.29, 1.82) is 0 Å². The third kappa shape index (κ3) is 2.67. The number of amides is 3. The topological polar surface area (TPSA) is 98.6 Å². The highest BCUT2D eigenvalue weighted by Gasteiger charge is 2.30. The maximum Gasteiger partial charge on any atom is 0.325 e. The molecule has 9 heteroatoms. The zero-order valence-electron chi connectivity index (χ0n) is 13.9. The Morgan fingerprint density at radius 1 is 1.24 bits per heavy atom. The standard InChI is InChI=1S/C16H17N5O4/c1-9(2)15-18-13(7-20-14(22)6-17-16(20)23)21(19-15)10-3-4-11-12(5-10)25-8-24-11/h3-5,9H,6-8H2,1-2H3,(H,17,23). The van der Waals surface area contributed by atoms with Gasteiger partial charge in [0.05, 0.1) is 18.8 Å². The van der Waals surface area contributed by atoms with Crippen molar-refractivity contribution in [3.05, 3.63) is 29.8 Å². The molecular formula is C16H17N5O4. The number of benzene rings is 1. The number of hydrogen-bond acceptors (Lipinski definition) is 6. The summed E-state index contributed by atoms with van der Waals surface area (Å²) in [6, 6.07) is 5.01. The van der Waals surface area contributed by atoms with Crippen LogP contribution in [0.5, 0.6) is 11.5 Å². The van der Waals surface area contributed by atoms with E-state index in [-0.39, 0.29) is 31.7 Å². The summed E-state index contributed by atoms with van der Waals surface area (Å²) in [5, 5.41) is 7.04. The Labute approximate surface area is 143 Å². The third-order valence-corrected chi connectivity index (χ3v) is 4.04. The Kier molecular flexibility index (Phi) is 3.56. The van der Waals surface area contributed by atoms with Gasteiger partial charge in [0, 0.05) is 12.0 Å². The minimum absolute atomic E-state index is 0.00797. The van der Waals surface area contributed by atoms with Crippen molar-refractivity contribution < 1.29 is 19.1 Å². The van der Waals surface area contributed by atoms with Crippen LogP contribution in [0.3, 0.4) is 0 Å². The molecule has 0 unspecified atom stereocenters. The van der Waals surface area contributed by atoms with Crippen molar-refractivity contribution in [3.8, 4) is 17.2 Å². The van der Waals surface area contributed by atoms with Crippen LogP contribution in [0.2, 0.25) is 0 Å². The largest absolute Gasteiger partial charge is 0.454 e. The van der Waals surface area contributed by atoms with Crippen LogP contribution < -0.4 is 14.8 Å². The van der Waals surface area contributed by atoms with Gasteiger partial charge >= 0.3 is 6.03 Å². The smallest absolute Gasteiger partial charge is 0.325 e. The molecule has 0 spiro atoms. The lowest BCUT2D eigenvalue weighted by Crippen LogP contribution is -2.31. The summed E-state index contributed by atoms with van der Waals surface area (Å²) >= 11 is 0. The van der Waals surface area contributed by atoms with Gasteiger partial charge in [0.15, 0.2) is 23.1 Å². The molecule has 1 fully saturated rings. The molecule has 9 nitrogen and oxygen atoms in total. The van der Waals surface area contributed by atoms with Gasteiger partial charge in [-0.3, -0.25) is 9.69 Å². The molecule has 1 N–H and O–H groups in total. The number of nitrogens with zero attached hydrogens (tertiary/aromatic N) is 4. The fourth-order valence-corrected chi connectivity index (χ4v) is 2.69. The van der Waals surface area contributed by atoms with Crippen LogP contribution in [0, 0.1) is 0 Å². The number of carbonyl (C=O) groups is 2. The molecule has 0 radical (unpaired) electrons. The highest BCUT2D eigenvalue weighted by Crippen LogP contribution is 2.34. The van der Waals surface area contributed by atoms with Crippen LogP contribution in [-0.4, -0.2) is 44.9 Å². The molecule has 0 saturated carbocycles. The minimum atomic E-state index is -0.420. The highest BCUT2D eigenvalue weighted by molar-refractivity contribution is 6.01. The SMILES string of the molecule is CC(C)c1nc(CN2C(=O)CNC2=O)n(-c2ccc3c(c2)OCO3)n1. The molecule has 25 heavy (non-hydrogen) atoms. The predicted molar refractivity (Wildman–Crippen MR) is 85.5 cm³/mol. The van der Waals surface area contributed by atoms with Crippen molar-refractivity contribution in [1.82, 2.24) is 25.0 Å². The number of carbonyl (C=O) groups excluding carboxylic acids is 2. The first-order valence-corrected chi connectivity index (χ1v) is 7.97. The molecule has 130 valence electrons. The fraction of sp³-hybridized carbons (Fsp3) is 0.375. The quantitative estimate of drug-likeness (QED) is 0.837. The second-order valence-corrected chi connectivity index (χ2v) is 6.13. The number of nitrogens with one attached hydrogen (secondary N) is 1. The van der Waals surface area contributed by atoms with E-state index in [2.05, 4.69) is 15.4 Å². The number of urea groups is 1. The van der Waals surface area contributed by atoms with E-state index in [0.717, 1.165) is 10.6 Å².